The Labute approximate surface area is 118 Å². The number of furan rings is 1. The van der Waals surface area contributed by atoms with Crippen LogP contribution in [0.3, 0.4) is 0 Å². The number of nitrogens with zero attached hydrogens (tertiary/aromatic N) is 1. The molecule has 2 aromatic rings. The number of para-hydroxylation sites is 1. The summed E-state index contributed by atoms with van der Waals surface area (Å²) in [7, 11) is 1.99. The highest BCUT2D eigenvalue weighted by Gasteiger charge is 2.17. The van der Waals surface area contributed by atoms with Crippen molar-refractivity contribution in [2.75, 3.05) is 31.6 Å². The van der Waals surface area contributed by atoms with Gasteiger partial charge in [0.1, 0.15) is 11.3 Å². The molecule has 3 nitrogen and oxygen atoms in total. The maximum Gasteiger partial charge on any atom is 0.134 e. The molecule has 1 aliphatic rings. The predicted molar refractivity (Wildman–Crippen MR) is 81.6 cm³/mol. The Morgan fingerprint density at radius 2 is 2.05 bits per heavy atom. The molecule has 0 amide bonds. The highest BCUT2D eigenvalue weighted by Crippen LogP contribution is 2.27. The number of nitrogens with one attached hydrogen (secondary N) is 1. The van der Waals surface area contributed by atoms with Crippen LogP contribution < -0.4 is 5.32 Å². The lowest BCUT2D eigenvalue weighted by Gasteiger charge is -2.25. The zero-order chi connectivity index (χ0) is 13.1. The highest BCUT2D eigenvalue weighted by molar-refractivity contribution is 7.99. The smallest absolute Gasteiger partial charge is 0.134 e. The van der Waals surface area contributed by atoms with Gasteiger partial charge < -0.3 is 9.73 Å². The van der Waals surface area contributed by atoms with Crippen molar-refractivity contribution in [1.29, 1.82) is 0 Å². The molecule has 1 saturated heterocycles. The van der Waals surface area contributed by atoms with E-state index in [4.69, 9.17) is 4.42 Å². The minimum Gasteiger partial charge on any atom is -0.459 e. The van der Waals surface area contributed by atoms with E-state index in [1.807, 2.05) is 24.9 Å². The Bertz CT molecular complexity index is 546. The highest BCUT2D eigenvalue weighted by atomic mass is 32.2. The van der Waals surface area contributed by atoms with Gasteiger partial charge in [-0.25, -0.2) is 0 Å². The van der Waals surface area contributed by atoms with Gasteiger partial charge in [-0.1, -0.05) is 18.2 Å². The Morgan fingerprint density at radius 1 is 1.26 bits per heavy atom. The molecule has 19 heavy (non-hydrogen) atoms. The Morgan fingerprint density at radius 3 is 2.84 bits per heavy atom. The molecule has 0 unspecified atom stereocenters. The van der Waals surface area contributed by atoms with E-state index in [1.54, 1.807) is 0 Å². The number of hydrogen-bond acceptors (Lipinski definition) is 4. The molecule has 102 valence electrons. The van der Waals surface area contributed by atoms with Gasteiger partial charge in [0.25, 0.3) is 0 Å². The van der Waals surface area contributed by atoms with E-state index in [0.29, 0.717) is 0 Å². The predicted octanol–water partition coefficient (Wildman–Crippen LogP) is 2.70. The number of rotatable bonds is 4. The maximum atomic E-state index is 6.07. The quantitative estimate of drug-likeness (QED) is 0.929. The normalized spacial score (nSPS) is 17.1. The first-order chi connectivity index (χ1) is 9.38. The molecular formula is C15H20N2OS. The van der Waals surface area contributed by atoms with Crippen LogP contribution in [0.2, 0.25) is 0 Å². The summed E-state index contributed by atoms with van der Waals surface area (Å²) in [4.78, 5) is 2.49. The van der Waals surface area contributed by atoms with E-state index in [9.17, 15) is 0 Å². The molecule has 0 spiro atoms. The lowest BCUT2D eigenvalue weighted by molar-refractivity contribution is 0.269. The molecule has 2 heterocycles. The Kier molecular flexibility index (Phi) is 4.11. The molecule has 1 fully saturated rings. The van der Waals surface area contributed by atoms with Crippen molar-refractivity contribution < 1.29 is 4.42 Å². The van der Waals surface area contributed by atoms with Crippen LogP contribution in [-0.4, -0.2) is 36.5 Å². The number of hydrogen-bond donors (Lipinski definition) is 1. The molecule has 0 aliphatic carbocycles. The van der Waals surface area contributed by atoms with Crippen molar-refractivity contribution >= 4 is 22.7 Å². The monoisotopic (exact) mass is 276 g/mol. The summed E-state index contributed by atoms with van der Waals surface area (Å²) in [6.45, 7) is 4.14. The molecule has 3 rings (SSSR count). The molecule has 1 aliphatic heterocycles. The molecule has 1 aromatic heterocycles. The minimum absolute atomic E-state index is 0.870. The fourth-order valence-corrected chi connectivity index (χ4v) is 3.59. The number of thioether (sulfide) groups is 1. The molecule has 0 saturated carbocycles. The average Bonchev–Trinajstić information content (AvgIpc) is 2.79. The molecular weight excluding hydrogens is 256 g/mol. The molecule has 0 atom stereocenters. The number of fused-ring (bicyclic) bond motifs is 1. The average molecular weight is 276 g/mol. The lowest BCUT2D eigenvalue weighted by Crippen LogP contribution is -2.32. The van der Waals surface area contributed by atoms with E-state index >= 15 is 0 Å². The lowest BCUT2D eigenvalue weighted by atomic mass is 10.1. The third-order valence-electron chi connectivity index (χ3n) is 3.61. The maximum absolute atomic E-state index is 6.07. The summed E-state index contributed by atoms with van der Waals surface area (Å²) in [6, 6.07) is 8.33. The molecule has 0 bridgehead atoms. The van der Waals surface area contributed by atoms with Gasteiger partial charge in [-0.05, 0) is 13.1 Å². The summed E-state index contributed by atoms with van der Waals surface area (Å²) >= 11 is 2.04. The standard InChI is InChI=1S/C15H20N2OS/c1-16-10-13-12-4-2-3-5-14(12)18-15(13)11-17-6-8-19-9-7-17/h2-5,16H,6-11H2,1H3. The summed E-state index contributed by atoms with van der Waals surface area (Å²) in [5, 5.41) is 4.51. The molecule has 0 radical (unpaired) electrons. The van der Waals surface area contributed by atoms with Gasteiger partial charge in [-0.3, -0.25) is 4.90 Å². The first-order valence-corrected chi connectivity index (χ1v) is 7.98. The first kappa shape index (κ1) is 13.0. The van der Waals surface area contributed by atoms with Crippen molar-refractivity contribution in [2.24, 2.45) is 0 Å². The van der Waals surface area contributed by atoms with Crippen LogP contribution in [0.1, 0.15) is 11.3 Å². The van der Waals surface area contributed by atoms with E-state index < -0.39 is 0 Å². The van der Waals surface area contributed by atoms with Crippen LogP contribution in [0.4, 0.5) is 0 Å². The van der Waals surface area contributed by atoms with Crippen LogP contribution in [0.5, 0.6) is 0 Å². The van der Waals surface area contributed by atoms with Gasteiger partial charge in [0.05, 0.1) is 6.54 Å². The van der Waals surface area contributed by atoms with Crippen LogP contribution in [0.15, 0.2) is 28.7 Å². The van der Waals surface area contributed by atoms with E-state index in [2.05, 4.69) is 28.4 Å². The molecule has 4 heteroatoms. The largest absolute Gasteiger partial charge is 0.459 e. The number of benzene rings is 1. The zero-order valence-corrected chi connectivity index (χ0v) is 12.1. The Hall–Kier alpha value is -0.970. The van der Waals surface area contributed by atoms with Gasteiger partial charge >= 0.3 is 0 Å². The molecule has 1 aromatic carbocycles. The van der Waals surface area contributed by atoms with Gasteiger partial charge in [0, 0.05) is 42.1 Å². The van der Waals surface area contributed by atoms with Gasteiger partial charge in [-0.2, -0.15) is 11.8 Å². The van der Waals surface area contributed by atoms with Crippen LogP contribution in [0.25, 0.3) is 11.0 Å². The van der Waals surface area contributed by atoms with E-state index in [1.165, 1.54) is 35.5 Å². The zero-order valence-electron chi connectivity index (χ0n) is 11.3. The van der Waals surface area contributed by atoms with E-state index in [-0.39, 0.29) is 0 Å². The van der Waals surface area contributed by atoms with Crippen molar-refractivity contribution in [3.05, 3.63) is 35.6 Å². The Balaban J connectivity index is 1.90. The fraction of sp³-hybridized carbons (Fsp3) is 0.467. The van der Waals surface area contributed by atoms with Gasteiger partial charge in [-0.15, -0.1) is 0 Å². The van der Waals surface area contributed by atoms with Gasteiger partial charge in [0.2, 0.25) is 0 Å². The summed E-state index contributed by atoms with van der Waals surface area (Å²) in [5.41, 5.74) is 2.32. The summed E-state index contributed by atoms with van der Waals surface area (Å²) in [6.07, 6.45) is 0. The van der Waals surface area contributed by atoms with Crippen molar-refractivity contribution in [3.8, 4) is 0 Å². The minimum atomic E-state index is 0.870. The topological polar surface area (TPSA) is 28.4 Å². The van der Waals surface area contributed by atoms with Crippen LogP contribution >= 0.6 is 11.8 Å². The summed E-state index contributed by atoms with van der Waals surface area (Å²) in [5.74, 6) is 3.60. The van der Waals surface area contributed by atoms with Crippen molar-refractivity contribution in [2.45, 2.75) is 13.1 Å². The fourth-order valence-electron chi connectivity index (χ4n) is 2.61. The van der Waals surface area contributed by atoms with Crippen molar-refractivity contribution in [3.63, 3.8) is 0 Å². The molecule has 1 N–H and O–H groups in total. The van der Waals surface area contributed by atoms with Crippen LogP contribution in [-0.2, 0) is 13.1 Å². The second kappa shape index (κ2) is 5.99. The third-order valence-corrected chi connectivity index (χ3v) is 4.55. The second-order valence-electron chi connectivity index (χ2n) is 4.92. The van der Waals surface area contributed by atoms with Crippen LogP contribution in [0, 0.1) is 0 Å². The van der Waals surface area contributed by atoms with E-state index in [0.717, 1.165) is 24.4 Å². The van der Waals surface area contributed by atoms with Gasteiger partial charge in [0.15, 0.2) is 0 Å². The third kappa shape index (κ3) is 2.81. The van der Waals surface area contributed by atoms with Crippen molar-refractivity contribution in [1.82, 2.24) is 10.2 Å². The second-order valence-corrected chi connectivity index (χ2v) is 6.14. The SMILES string of the molecule is CNCc1c(CN2CCSCC2)oc2ccccc12. The summed E-state index contributed by atoms with van der Waals surface area (Å²) < 4.78 is 6.07. The first-order valence-electron chi connectivity index (χ1n) is 6.82.